The highest BCUT2D eigenvalue weighted by atomic mass is 16.1. The third-order valence-electron chi connectivity index (χ3n) is 3.51. The molecule has 1 aromatic carbocycles. The average molecular weight is 231 g/mol. The lowest BCUT2D eigenvalue weighted by Crippen LogP contribution is -2.15. The molecule has 0 amide bonds. The summed E-state index contributed by atoms with van der Waals surface area (Å²) in [6.45, 7) is 1.99. The van der Waals surface area contributed by atoms with Gasteiger partial charge in [-0.1, -0.05) is 30.3 Å². The van der Waals surface area contributed by atoms with Crippen LogP contribution in [0, 0.1) is 5.92 Å². The number of benzene rings is 1. The number of ketones is 1. The molecular formula is C15H21NO. The molecule has 0 aromatic heterocycles. The van der Waals surface area contributed by atoms with Gasteiger partial charge in [0.15, 0.2) is 0 Å². The summed E-state index contributed by atoms with van der Waals surface area (Å²) < 4.78 is 0. The van der Waals surface area contributed by atoms with Crippen LogP contribution < -0.4 is 5.73 Å². The Bertz CT molecular complexity index is 372. The minimum absolute atomic E-state index is 0.215. The maximum atomic E-state index is 11.9. The lowest BCUT2D eigenvalue weighted by atomic mass is 10.0. The predicted molar refractivity (Wildman–Crippen MR) is 69.8 cm³/mol. The van der Waals surface area contributed by atoms with Gasteiger partial charge in [-0.3, -0.25) is 4.79 Å². The molecule has 0 spiro atoms. The molecule has 0 aliphatic heterocycles. The van der Waals surface area contributed by atoms with E-state index in [1.165, 1.54) is 5.56 Å². The number of carbonyl (C=O) groups excluding carboxylic acids is 1. The second-order valence-corrected chi connectivity index (χ2v) is 5.20. The molecule has 0 bridgehead atoms. The maximum absolute atomic E-state index is 11.9. The van der Waals surface area contributed by atoms with Crippen LogP contribution in [0.4, 0.5) is 0 Å². The van der Waals surface area contributed by atoms with Gasteiger partial charge in [0.1, 0.15) is 5.78 Å². The Hall–Kier alpha value is -1.15. The van der Waals surface area contributed by atoms with Gasteiger partial charge < -0.3 is 5.73 Å². The van der Waals surface area contributed by atoms with E-state index in [2.05, 4.69) is 12.1 Å². The molecular weight excluding hydrogens is 210 g/mol. The second-order valence-electron chi connectivity index (χ2n) is 5.20. The first-order chi connectivity index (χ1) is 8.18. The summed E-state index contributed by atoms with van der Waals surface area (Å²) in [5.74, 6) is 1.20. The molecule has 0 saturated heterocycles. The topological polar surface area (TPSA) is 43.1 Å². The Kier molecular flexibility index (Phi) is 3.95. The van der Waals surface area contributed by atoms with E-state index in [0.29, 0.717) is 18.1 Å². The minimum atomic E-state index is 0.215. The predicted octanol–water partition coefficient (Wildman–Crippen LogP) is 2.88. The van der Waals surface area contributed by atoms with Crippen LogP contribution in [0.5, 0.6) is 0 Å². The summed E-state index contributed by atoms with van der Waals surface area (Å²) in [7, 11) is 0. The molecule has 1 fully saturated rings. The van der Waals surface area contributed by atoms with Crippen molar-refractivity contribution >= 4 is 5.78 Å². The normalized spacial score (nSPS) is 24.4. The Labute approximate surface area is 103 Å². The molecule has 1 saturated carbocycles. The summed E-state index contributed by atoms with van der Waals surface area (Å²) in [5.41, 5.74) is 7.00. The molecule has 1 aliphatic carbocycles. The minimum Gasteiger partial charge on any atom is -0.328 e. The maximum Gasteiger partial charge on any atom is 0.136 e. The number of Topliss-reactive ketones (excluding diaryl/α,β-unsaturated/α-hetero) is 1. The van der Waals surface area contributed by atoms with Crippen molar-refractivity contribution in [2.45, 2.75) is 44.6 Å². The fourth-order valence-corrected chi connectivity index (χ4v) is 2.40. The van der Waals surface area contributed by atoms with Crippen LogP contribution >= 0.6 is 0 Å². The van der Waals surface area contributed by atoms with E-state index in [-0.39, 0.29) is 12.0 Å². The highest BCUT2D eigenvalue weighted by Gasteiger charge is 2.42. The molecule has 2 nitrogen and oxygen atoms in total. The van der Waals surface area contributed by atoms with Gasteiger partial charge in [0.25, 0.3) is 0 Å². The number of rotatable bonds is 6. The van der Waals surface area contributed by atoms with Gasteiger partial charge in [0, 0.05) is 18.4 Å². The number of hydrogen-bond donors (Lipinski definition) is 1. The van der Waals surface area contributed by atoms with Crippen LogP contribution in [-0.2, 0) is 4.79 Å². The van der Waals surface area contributed by atoms with Crippen molar-refractivity contribution in [1.82, 2.24) is 0 Å². The molecule has 1 aliphatic rings. The smallest absolute Gasteiger partial charge is 0.136 e. The highest BCUT2D eigenvalue weighted by molar-refractivity contribution is 5.84. The highest BCUT2D eigenvalue weighted by Crippen LogP contribution is 2.48. The standard InChI is InChI=1S/C15H21NO/c1-11(16)6-5-9-15(17)14-10-13(14)12-7-3-2-4-8-12/h2-4,7-8,11,13-14H,5-6,9-10,16H2,1H3. The monoisotopic (exact) mass is 231 g/mol. The first-order valence-corrected chi connectivity index (χ1v) is 6.51. The fraction of sp³-hybridized carbons (Fsp3) is 0.533. The van der Waals surface area contributed by atoms with Crippen molar-refractivity contribution in [3.8, 4) is 0 Å². The Morgan fingerprint density at radius 3 is 2.76 bits per heavy atom. The zero-order valence-electron chi connectivity index (χ0n) is 10.4. The van der Waals surface area contributed by atoms with Crippen LogP contribution in [0.2, 0.25) is 0 Å². The molecule has 2 N–H and O–H groups in total. The number of carbonyl (C=O) groups is 1. The summed E-state index contributed by atoms with van der Waals surface area (Å²) in [4.78, 5) is 11.9. The zero-order valence-corrected chi connectivity index (χ0v) is 10.4. The van der Waals surface area contributed by atoms with Crippen LogP contribution in [0.15, 0.2) is 30.3 Å². The molecule has 0 heterocycles. The van der Waals surface area contributed by atoms with Gasteiger partial charge in [-0.25, -0.2) is 0 Å². The largest absolute Gasteiger partial charge is 0.328 e. The summed E-state index contributed by atoms with van der Waals surface area (Å²) in [6.07, 6.45) is 3.64. The van der Waals surface area contributed by atoms with E-state index in [4.69, 9.17) is 5.73 Å². The van der Waals surface area contributed by atoms with E-state index in [9.17, 15) is 4.79 Å². The Balaban J connectivity index is 1.77. The average Bonchev–Trinajstić information content (AvgIpc) is 3.09. The van der Waals surface area contributed by atoms with Gasteiger partial charge in [0.05, 0.1) is 0 Å². The van der Waals surface area contributed by atoms with E-state index < -0.39 is 0 Å². The Morgan fingerprint density at radius 1 is 1.41 bits per heavy atom. The fourth-order valence-electron chi connectivity index (χ4n) is 2.40. The van der Waals surface area contributed by atoms with Crippen LogP contribution in [0.25, 0.3) is 0 Å². The molecule has 3 unspecified atom stereocenters. The Morgan fingerprint density at radius 2 is 2.12 bits per heavy atom. The van der Waals surface area contributed by atoms with Crippen molar-refractivity contribution in [3.05, 3.63) is 35.9 Å². The molecule has 92 valence electrons. The van der Waals surface area contributed by atoms with Crippen LogP contribution in [0.1, 0.15) is 44.1 Å². The molecule has 2 heteroatoms. The quantitative estimate of drug-likeness (QED) is 0.818. The third-order valence-corrected chi connectivity index (χ3v) is 3.51. The summed E-state index contributed by atoms with van der Waals surface area (Å²) >= 11 is 0. The van der Waals surface area contributed by atoms with Gasteiger partial charge in [0.2, 0.25) is 0 Å². The third kappa shape index (κ3) is 3.40. The number of hydrogen-bond acceptors (Lipinski definition) is 2. The van der Waals surface area contributed by atoms with Gasteiger partial charge in [-0.05, 0) is 37.7 Å². The van der Waals surface area contributed by atoms with E-state index in [1.807, 2.05) is 25.1 Å². The van der Waals surface area contributed by atoms with Gasteiger partial charge in [-0.2, -0.15) is 0 Å². The van der Waals surface area contributed by atoms with Crippen molar-refractivity contribution in [3.63, 3.8) is 0 Å². The molecule has 3 atom stereocenters. The summed E-state index contributed by atoms with van der Waals surface area (Å²) in [5, 5.41) is 0. The van der Waals surface area contributed by atoms with E-state index in [1.54, 1.807) is 0 Å². The van der Waals surface area contributed by atoms with Crippen LogP contribution in [0.3, 0.4) is 0 Å². The molecule has 1 aromatic rings. The van der Waals surface area contributed by atoms with Gasteiger partial charge >= 0.3 is 0 Å². The van der Waals surface area contributed by atoms with Crippen LogP contribution in [-0.4, -0.2) is 11.8 Å². The van der Waals surface area contributed by atoms with Crippen molar-refractivity contribution in [2.75, 3.05) is 0 Å². The first kappa shape index (κ1) is 12.3. The lowest BCUT2D eigenvalue weighted by molar-refractivity contribution is -0.120. The first-order valence-electron chi connectivity index (χ1n) is 6.51. The number of nitrogens with two attached hydrogens (primary N) is 1. The van der Waals surface area contributed by atoms with Crippen molar-refractivity contribution in [2.24, 2.45) is 11.7 Å². The molecule has 0 radical (unpaired) electrons. The summed E-state index contributed by atoms with van der Waals surface area (Å²) in [6, 6.07) is 10.6. The SMILES string of the molecule is CC(N)CCCC(=O)C1CC1c1ccccc1. The molecule has 2 rings (SSSR count). The zero-order chi connectivity index (χ0) is 12.3. The molecule has 17 heavy (non-hydrogen) atoms. The second kappa shape index (κ2) is 5.46. The van der Waals surface area contributed by atoms with Gasteiger partial charge in [-0.15, -0.1) is 0 Å². The van der Waals surface area contributed by atoms with E-state index in [0.717, 1.165) is 19.3 Å². The van der Waals surface area contributed by atoms with Crippen molar-refractivity contribution < 1.29 is 4.79 Å². The van der Waals surface area contributed by atoms with E-state index >= 15 is 0 Å². The van der Waals surface area contributed by atoms with Crippen molar-refractivity contribution in [1.29, 1.82) is 0 Å². The lowest BCUT2D eigenvalue weighted by Gasteiger charge is -2.04.